The molecular formula is C7H8FN3S. The summed E-state index contributed by atoms with van der Waals surface area (Å²) in [5, 5.41) is 0. The van der Waals surface area contributed by atoms with Crippen molar-refractivity contribution in [2.24, 2.45) is 0 Å². The van der Waals surface area contributed by atoms with Crippen LogP contribution in [0.15, 0.2) is 31.1 Å². The lowest BCUT2D eigenvalue weighted by Gasteiger charge is -2.02. The van der Waals surface area contributed by atoms with Gasteiger partial charge < -0.3 is 0 Å². The lowest BCUT2D eigenvalue weighted by molar-refractivity contribution is 0.522. The molecule has 0 saturated heterocycles. The number of hydrogen-bond acceptors (Lipinski definition) is 4. The van der Waals surface area contributed by atoms with Crippen molar-refractivity contribution >= 4 is 17.9 Å². The van der Waals surface area contributed by atoms with Crippen molar-refractivity contribution in [3.05, 3.63) is 31.1 Å². The Morgan fingerprint density at radius 2 is 2.25 bits per heavy atom. The van der Waals surface area contributed by atoms with Crippen molar-refractivity contribution in [2.75, 3.05) is 4.72 Å². The summed E-state index contributed by atoms with van der Waals surface area (Å²) in [4.78, 5) is 7.68. The number of hydrogen-bond donors (Lipinski definition) is 1. The van der Waals surface area contributed by atoms with E-state index < -0.39 is 5.50 Å². The van der Waals surface area contributed by atoms with Gasteiger partial charge in [0.1, 0.15) is 0 Å². The predicted molar refractivity (Wildman–Crippen MR) is 48.3 cm³/mol. The molecule has 0 amide bonds. The zero-order chi connectivity index (χ0) is 8.81. The van der Waals surface area contributed by atoms with E-state index in [9.17, 15) is 4.39 Å². The van der Waals surface area contributed by atoms with Gasteiger partial charge in [0.05, 0.1) is 0 Å². The molecule has 0 radical (unpaired) electrons. The normalized spacial score (nSPS) is 12.1. The lowest BCUT2D eigenvalue weighted by atomic mass is 10.7. The van der Waals surface area contributed by atoms with E-state index in [2.05, 4.69) is 21.3 Å². The molecule has 5 heteroatoms. The maximum atomic E-state index is 12.5. The van der Waals surface area contributed by atoms with E-state index >= 15 is 0 Å². The molecule has 1 aromatic heterocycles. The number of nitrogens with zero attached hydrogens (tertiary/aromatic N) is 2. The van der Waals surface area contributed by atoms with E-state index in [4.69, 9.17) is 0 Å². The third-order valence-corrected chi connectivity index (χ3v) is 1.73. The van der Waals surface area contributed by atoms with Crippen molar-refractivity contribution in [1.82, 2.24) is 9.97 Å². The van der Waals surface area contributed by atoms with Gasteiger partial charge in [0.25, 0.3) is 0 Å². The quantitative estimate of drug-likeness (QED) is 0.575. The summed E-state index contributed by atoms with van der Waals surface area (Å²) < 4.78 is 15.2. The molecule has 0 aliphatic carbocycles. The van der Waals surface area contributed by atoms with E-state index in [0.29, 0.717) is 5.95 Å². The fourth-order valence-electron chi connectivity index (χ4n) is 0.509. The number of rotatable bonds is 4. The summed E-state index contributed by atoms with van der Waals surface area (Å²) in [6, 6.07) is 1.69. The largest absolute Gasteiger partial charge is 0.296 e. The molecule has 1 aromatic rings. The van der Waals surface area contributed by atoms with E-state index in [0.717, 1.165) is 11.9 Å². The van der Waals surface area contributed by atoms with Gasteiger partial charge in [0.2, 0.25) is 5.95 Å². The van der Waals surface area contributed by atoms with E-state index in [-0.39, 0.29) is 0 Å². The zero-order valence-electron chi connectivity index (χ0n) is 6.27. The van der Waals surface area contributed by atoms with Gasteiger partial charge in [-0.15, -0.1) is 0 Å². The molecule has 3 nitrogen and oxygen atoms in total. The molecule has 1 unspecified atom stereocenters. The molecule has 1 rings (SSSR count). The van der Waals surface area contributed by atoms with Crippen molar-refractivity contribution in [3.8, 4) is 0 Å². The van der Waals surface area contributed by atoms with Crippen LogP contribution in [0.3, 0.4) is 0 Å². The zero-order valence-corrected chi connectivity index (χ0v) is 7.09. The second-order valence-corrected chi connectivity index (χ2v) is 2.77. The summed E-state index contributed by atoms with van der Waals surface area (Å²) in [6.45, 7) is 3.30. The Hall–Kier alpha value is -1.10. The molecule has 1 heterocycles. The average molecular weight is 185 g/mol. The van der Waals surface area contributed by atoms with Crippen LogP contribution in [0.5, 0.6) is 0 Å². The molecule has 0 aliphatic heterocycles. The minimum absolute atomic E-state index is 0.395. The van der Waals surface area contributed by atoms with Crippen LogP contribution in [0, 0.1) is 0 Å². The molecule has 12 heavy (non-hydrogen) atoms. The summed E-state index contributed by atoms with van der Waals surface area (Å²) >= 11 is 0.870. The first-order valence-electron chi connectivity index (χ1n) is 3.28. The van der Waals surface area contributed by atoms with E-state index in [1.165, 1.54) is 6.08 Å². The minimum atomic E-state index is -1.14. The maximum Gasteiger partial charge on any atom is 0.232 e. The Morgan fingerprint density at radius 3 is 2.83 bits per heavy atom. The Balaban J connectivity index is 2.38. The molecule has 64 valence electrons. The standard InChI is InChI=1S/C7H8FN3S/c1-2-6(8)12-11-7-9-4-3-5-10-7/h2-6H,1H2,(H,9,10,11). The SMILES string of the molecule is C=CC(F)SNc1ncccn1. The van der Waals surface area contributed by atoms with Crippen molar-refractivity contribution in [3.63, 3.8) is 0 Å². The highest BCUT2D eigenvalue weighted by Gasteiger charge is 2.01. The van der Waals surface area contributed by atoms with Gasteiger partial charge in [0.15, 0.2) is 5.50 Å². The number of alkyl halides is 1. The van der Waals surface area contributed by atoms with Gasteiger partial charge in [-0.25, -0.2) is 14.4 Å². The minimum Gasteiger partial charge on any atom is -0.296 e. The number of aromatic nitrogens is 2. The van der Waals surface area contributed by atoms with Gasteiger partial charge in [-0.05, 0) is 24.1 Å². The third kappa shape index (κ3) is 2.87. The first-order valence-corrected chi connectivity index (χ1v) is 4.16. The second-order valence-electron chi connectivity index (χ2n) is 1.88. The fourth-order valence-corrected chi connectivity index (χ4v) is 0.929. The van der Waals surface area contributed by atoms with Gasteiger partial charge in [-0.2, -0.15) is 0 Å². The molecule has 0 bridgehead atoms. The highest BCUT2D eigenvalue weighted by atomic mass is 32.2. The number of nitrogens with one attached hydrogen (secondary N) is 1. The van der Waals surface area contributed by atoms with Gasteiger partial charge in [-0.1, -0.05) is 6.58 Å². The van der Waals surface area contributed by atoms with Crippen LogP contribution in [-0.2, 0) is 0 Å². The van der Waals surface area contributed by atoms with Crippen LogP contribution < -0.4 is 4.72 Å². The first kappa shape index (κ1) is 8.99. The van der Waals surface area contributed by atoms with Gasteiger partial charge in [-0.3, -0.25) is 4.72 Å². The molecule has 0 saturated carbocycles. The Bertz CT molecular complexity index is 242. The predicted octanol–water partition coefficient (Wildman–Crippen LogP) is 2.02. The third-order valence-electron chi connectivity index (χ3n) is 1.01. The molecule has 0 aliphatic rings. The van der Waals surface area contributed by atoms with Crippen LogP contribution in [-0.4, -0.2) is 15.5 Å². The van der Waals surface area contributed by atoms with E-state index in [1.54, 1.807) is 18.5 Å². The van der Waals surface area contributed by atoms with Crippen LogP contribution in [0.4, 0.5) is 10.3 Å². The lowest BCUT2D eigenvalue weighted by Crippen LogP contribution is -1.97. The maximum absolute atomic E-state index is 12.5. The number of anilines is 1. The van der Waals surface area contributed by atoms with Crippen molar-refractivity contribution in [1.29, 1.82) is 0 Å². The Kier molecular flexibility index (Phi) is 3.53. The van der Waals surface area contributed by atoms with Crippen LogP contribution >= 0.6 is 11.9 Å². The molecule has 0 aromatic carbocycles. The molecule has 1 atom stereocenters. The highest BCUT2D eigenvalue weighted by Crippen LogP contribution is 2.13. The van der Waals surface area contributed by atoms with Crippen molar-refractivity contribution in [2.45, 2.75) is 5.50 Å². The summed E-state index contributed by atoms with van der Waals surface area (Å²) in [5.74, 6) is 0.395. The Morgan fingerprint density at radius 1 is 1.58 bits per heavy atom. The summed E-state index contributed by atoms with van der Waals surface area (Å²) in [7, 11) is 0. The van der Waals surface area contributed by atoms with Gasteiger partial charge >= 0.3 is 0 Å². The molecule has 0 spiro atoms. The van der Waals surface area contributed by atoms with Crippen molar-refractivity contribution < 1.29 is 4.39 Å². The number of halogens is 1. The van der Waals surface area contributed by atoms with Gasteiger partial charge in [0, 0.05) is 12.4 Å². The van der Waals surface area contributed by atoms with Crippen LogP contribution in [0.25, 0.3) is 0 Å². The summed E-state index contributed by atoms with van der Waals surface area (Å²) in [6.07, 6.45) is 4.36. The molecular weight excluding hydrogens is 177 g/mol. The fraction of sp³-hybridized carbons (Fsp3) is 0.143. The Labute approximate surface area is 74.2 Å². The topological polar surface area (TPSA) is 37.8 Å². The first-order chi connectivity index (χ1) is 5.83. The van der Waals surface area contributed by atoms with E-state index in [1.807, 2.05) is 0 Å². The molecule has 0 fully saturated rings. The van der Waals surface area contributed by atoms with Crippen LogP contribution in [0.1, 0.15) is 0 Å². The molecule has 1 N–H and O–H groups in total. The summed E-state index contributed by atoms with van der Waals surface area (Å²) in [5.41, 5.74) is -1.14. The average Bonchev–Trinajstić information content (AvgIpc) is 2.16. The van der Waals surface area contributed by atoms with Crippen LogP contribution in [0.2, 0.25) is 0 Å². The second kappa shape index (κ2) is 4.71. The smallest absolute Gasteiger partial charge is 0.232 e. The monoisotopic (exact) mass is 185 g/mol. The highest BCUT2D eigenvalue weighted by molar-refractivity contribution is 8.01.